The molecule has 0 spiro atoms. The van der Waals surface area contributed by atoms with Gasteiger partial charge in [-0.25, -0.2) is 0 Å². The summed E-state index contributed by atoms with van der Waals surface area (Å²) in [6, 6.07) is 5.48. The van der Waals surface area contributed by atoms with Crippen LogP contribution in [0.1, 0.15) is 26.7 Å². The SMILES string of the molecule is CCCC(C)Oc1ccc(N)c(OC)c1. The van der Waals surface area contributed by atoms with Crippen LogP contribution in [0, 0.1) is 0 Å². The Morgan fingerprint density at radius 1 is 1.40 bits per heavy atom. The van der Waals surface area contributed by atoms with Gasteiger partial charge in [0.15, 0.2) is 0 Å². The third-order valence-corrected chi connectivity index (χ3v) is 2.24. The van der Waals surface area contributed by atoms with Crippen molar-refractivity contribution in [2.75, 3.05) is 12.8 Å². The summed E-state index contributed by atoms with van der Waals surface area (Å²) in [4.78, 5) is 0. The summed E-state index contributed by atoms with van der Waals surface area (Å²) in [5.41, 5.74) is 6.34. The van der Waals surface area contributed by atoms with E-state index in [2.05, 4.69) is 13.8 Å². The lowest BCUT2D eigenvalue weighted by atomic mass is 10.2. The van der Waals surface area contributed by atoms with E-state index in [9.17, 15) is 0 Å². The van der Waals surface area contributed by atoms with Gasteiger partial charge < -0.3 is 15.2 Å². The molecule has 0 radical (unpaired) electrons. The molecule has 1 rings (SSSR count). The molecule has 0 aliphatic rings. The van der Waals surface area contributed by atoms with Crippen molar-refractivity contribution in [3.8, 4) is 11.5 Å². The second-order valence-electron chi connectivity index (χ2n) is 3.62. The average Bonchev–Trinajstić information content (AvgIpc) is 2.21. The maximum atomic E-state index is 5.72. The van der Waals surface area contributed by atoms with Gasteiger partial charge in [-0.3, -0.25) is 0 Å². The lowest BCUT2D eigenvalue weighted by molar-refractivity contribution is 0.209. The van der Waals surface area contributed by atoms with Gasteiger partial charge in [0.05, 0.1) is 18.9 Å². The molecule has 84 valence electrons. The Hall–Kier alpha value is -1.38. The maximum absolute atomic E-state index is 5.72. The van der Waals surface area contributed by atoms with Crippen LogP contribution in [0.5, 0.6) is 11.5 Å². The van der Waals surface area contributed by atoms with Gasteiger partial charge in [-0.2, -0.15) is 0 Å². The number of hydrogen-bond donors (Lipinski definition) is 1. The predicted molar refractivity (Wildman–Crippen MR) is 62.4 cm³/mol. The Bertz CT molecular complexity index is 312. The second-order valence-corrected chi connectivity index (χ2v) is 3.62. The molecule has 1 unspecified atom stereocenters. The standard InChI is InChI=1S/C12H19NO2/c1-4-5-9(2)15-10-6-7-11(13)12(8-10)14-3/h6-9H,4-5,13H2,1-3H3. The average molecular weight is 209 g/mol. The molecule has 1 aromatic rings. The highest BCUT2D eigenvalue weighted by Crippen LogP contribution is 2.27. The number of hydrogen-bond acceptors (Lipinski definition) is 3. The highest BCUT2D eigenvalue weighted by molar-refractivity contribution is 5.55. The van der Waals surface area contributed by atoms with Crippen LogP contribution in [0.25, 0.3) is 0 Å². The van der Waals surface area contributed by atoms with E-state index in [0.29, 0.717) is 11.4 Å². The van der Waals surface area contributed by atoms with Gasteiger partial charge in [0.25, 0.3) is 0 Å². The van der Waals surface area contributed by atoms with E-state index < -0.39 is 0 Å². The normalized spacial score (nSPS) is 12.2. The zero-order valence-corrected chi connectivity index (χ0v) is 9.62. The zero-order chi connectivity index (χ0) is 11.3. The van der Waals surface area contributed by atoms with Crippen molar-refractivity contribution in [2.24, 2.45) is 0 Å². The summed E-state index contributed by atoms with van der Waals surface area (Å²) < 4.78 is 10.8. The van der Waals surface area contributed by atoms with Crippen LogP contribution in [-0.4, -0.2) is 13.2 Å². The quantitative estimate of drug-likeness (QED) is 0.758. The molecule has 15 heavy (non-hydrogen) atoms. The molecule has 0 saturated heterocycles. The monoisotopic (exact) mass is 209 g/mol. The third-order valence-electron chi connectivity index (χ3n) is 2.24. The molecule has 1 aromatic carbocycles. The predicted octanol–water partition coefficient (Wildman–Crippen LogP) is 2.84. The summed E-state index contributed by atoms with van der Waals surface area (Å²) in [6.45, 7) is 4.20. The maximum Gasteiger partial charge on any atom is 0.145 e. The van der Waals surface area contributed by atoms with Crippen molar-refractivity contribution in [1.29, 1.82) is 0 Å². The molecule has 0 aromatic heterocycles. The Morgan fingerprint density at radius 2 is 2.13 bits per heavy atom. The molecule has 0 amide bonds. The molecule has 0 bridgehead atoms. The lowest BCUT2D eigenvalue weighted by Gasteiger charge is -2.14. The largest absolute Gasteiger partial charge is 0.494 e. The van der Waals surface area contributed by atoms with E-state index in [1.165, 1.54) is 0 Å². The molecular weight excluding hydrogens is 190 g/mol. The molecule has 0 heterocycles. The van der Waals surface area contributed by atoms with Gasteiger partial charge in [0, 0.05) is 6.07 Å². The number of benzene rings is 1. The number of nitrogen functional groups attached to an aromatic ring is 1. The van der Waals surface area contributed by atoms with Crippen molar-refractivity contribution < 1.29 is 9.47 Å². The molecule has 0 aliphatic heterocycles. The van der Waals surface area contributed by atoms with Crippen LogP contribution in [-0.2, 0) is 0 Å². The van der Waals surface area contributed by atoms with Gasteiger partial charge >= 0.3 is 0 Å². The summed E-state index contributed by atoms with van der Waals surface area (Å²) in [5.74, 6) is 1.47. The minimum atomic E-state index is 0.225. The first-order valence-corrected chi connectivity index (χ1v) is 5.27. The number of methoxy groups -OCH3 is 1. The van der Waals surface area contributed by atoms with Crippen LogP contribution in [0.4, 0.5) is 5.69 Å². The number of anilines is 1. The molecular formula is C12H19NO2. The minimum Gasteiger partial charge on any atom is -0.494 e. The minimum absolute atomic E-state index is 0.225. The van der Waals surface area contributed by atoms with E-state index in [4.69, 9.17) is 15.2 Å². The molecule has 3 nitrogen and oxygen atoms in total. The molecule has 0 fully saturated rings. The fraction of sp³-hybridized carbons (Fsp3) is 0.500. The first-order chi connectivity index (χ1) is 7.17. The number of rotatable bonds is 5. The van der Waals surface area contributed by atoms with E-state index >= 15 is 0 Å². The Balaban J connectivity index is 2.69. The summed E-state index contributed by atoms with van der Waals surface area (Å²) >= 11 is 0. The van der Waals surface area contributed by atoms with Gasteiger partial charge in [0.2, 0.25) is 0 Å². The fourth-order valence-electron chi connectivity index (χ4n) is 1.46. The Morgan fingerprint density at radius 3 is 2.73 bits per heavy atom. The molecule has 0 saturated carbocycles. The first-order valence-electron chi connectivity index (χ1n) is 5.27. The van der Waals surface area contributed by atoms with Crippen LogP contribution >= 0.6 is 0 Å². The van der Waals surface area contributed by atoms with E-state index in [-0.39, 0.29) is 6.10 Å². The zero-order valence-electron chi connectivity index (χ0n) is 9.62. The van der Waals surface area contributed by atoms with Crippen LogP contribution in [0.3, 0.4) is 0 Å². The number of ether oxygens (including phenoxy) is 2. The third kappa shape index (κ3) is 3.35. The highest BCUT2D eigenvalue weighted by atomic mass is 16.5. The molecule has 0 aliphatic carbocycles. The molecule has 2 N–H and O–H groups in total. The van der Waals surface area contributed by atoms with Crippen molar-refractivity contribution in [2.45, 2.75) is 32.8 Å². The van der Waals surface area contributed by atoms with Gasteiger partial charge in [-0.05, 0) is 25.5 Å². The highest BCUT2D eigenvalue weighted by Gasteiger charge is 2.05. The summed E-state index contributed by atoms with van der Waals surface area (Å²) in [5, 5.41) is 0. The van der Waals surface area contributed by atoms with E-state index in [1.807, 2.05) is 12.1 Å². The van der Waals surface area contributed by atoms with Crippen molar-refractivity contribution in [3.63, 3.8) is 0 Å². The summed E-state index contributed by atoms with van der Waals surface area (Å²) in [6.07, 6.45) is 2.39. The van der Waals surface area contributed by atoms with Gasteiger partial charge in [-0.1, -0.05) is 13.3 Å². The summed E-state index contributed by atoms with van der Waals surface area (Å²) in [7, 11) is 1.60. The molecule has 1 atom stereocenters. The smallest absolute Gasteiger partial charge is 0.145 e. The van der Waals surface area contributed by atoms with Crippen LogP contribution in [0.2, 0.25) is 0 Å². The fourth-order valence-corrected chi connectivity index (χ4v) is 1.46. The Kier molecular flexibility index (Phi) is 4.28. The van der Waals surface area contributed by atoms with Crippen LogP contribution < -0.4 is 15.2 Å². The second kappa shape index (κ2) is 5.49. The molecule has 3 heteroatoms. The van der Waals surface area contributed by atoms with E-state index in [1.54, 1.807) is 13.2 Å². The van der Waals surface area contributed by atoms with Gasteiger partial charge in [-0.15, -0.1) is 0 Å². The van der Waals surface area contributed by atoms with Crippen molar-refractivity contribution in [3.05, 3.63) is 18.2 Å². The first kappa shape index (κ1) is 11.7. The van der Waals surface area contributed by atoms with Crippen molar-refractivity contribution in [1.82, 2.24) is 0 Å². The lowest BCUT2D eigenvalue weighted by Crippen LogP contribution is -2.11. The number of nitrogens with two attached hydrogens (primary N) is 1. The van der Waals surface area contributed by atoms with Crippen molar-refractivity contribution >= 4 is 5.69 Å². The van der Waals surface area contributed by atoms with Gasteiger partial charge in [0.1, 0.15) is 11.5 Å². The topological polar surface area (TPSA) is 44.5 Å². The Labute approximate surface area is 91.2 Å². The van der Waals surface area contributed by atoms with E-state index in [0.717, 1.165) is 18.6 Å². The van der Waals surface area contributed by atoms with Crippen LogP contribution in [0.15, 0.2) is 18.2 Å².